The molecule has 0 N–H and O–H groups in total. The predicted molar refractivity (Wildman–Crippen MR) is 81.4 cm³/mol. The molecule has 0 aliphatic heterocycles. The Kier molecular flexibility index (Phi) is 8.71. The highest BCUT2D eigenvalue weighted by Crippen LogP contribution is 2.27. The van der Waals surface area contributed by atoms with Crippen LogP contribution >= 0.6 is 11.8 Å². The van der Waals surface area contributed by atoms with Crippen LogP contribution in [0.2, 0.25) is 0 Å². The van der Waals surface area contributed by atoms with E-state index < -0.39 is 5.92 Å². The Morgan fingerprint density at radius 2 is 1.80 bits per heavy atom. The SMILES string of the molecule is CC(C)CC(=O)OCC(C)(C)SCCCCC(C)(F)F. The summed E-state index contributed by atoms with van der Waals surface area (Å²) in [7, 11) is 0. The molecule has 120 valence electrons. The van der Waals surface area contributed by atoms with Gasteiger partial charge in [0.05, 0.1) is 0 Å². The van der Waals surface area contributed by atoms with Crippen LogP contribution < -0.4 is 0 Å². The molecule has 0 aromatic rings. The molecule has 0 heterocycles. The average molecular weight is 310 g/mol. The van der Waals surface area contributed by atoms with Crippen LogP contribution in [0.4, 0.5) is 8.78 Å². The Labute approximate surface area is 126 Å². The third kappa shape index (κ3) is 12.7. The van der Waals surface area contributed by atoms with E-state index in [1.54, 1.807) is 11.8 Å². The first-order chi connectivity index (χ1) is 9.02. The van der Waals surface area contributed by atoms with Gasteiger partial charge in [0.25, 0.3) is 0 Å². The number of thioether (sulfide) groups is 1. The van der Waals surface area contributed by atoms with Crippen LogP contribution in [0.3, 0.4) is 0 Å². The first-order valence-electron chi connectivity index (χ1n) is 7.19. The number of carbonyl (C=O) groups is 1. The molecule has 0 radical (unpaired) electrons. The van der Waals surface area contributed by atoms with E-state index in [-0.39, 0.29) is 17.1 Å². The van der Waals surface area contributed by atoms with E-state index in [0.29, 0.717) is 25.4 Å². The van der Waals surface area contributed by atoms with Crippen LogP contribution in [0.15, 0.2) is 0 Å². The molecule has 0 spiro atoms. The van der Waals surface area contributed by atoms with E-state index in [2.05, 4.69) is 0 Å². The zero-order valence-electron chi connectivity index (χ0n) is 13.3. The Morgan fingerprint density at radius 1 is 1.20 bits per heavy atom. The smallest absolute Gasteiger partial charge is 0.306 e. The molecule has 0 aliphatic rings. The molecule has 5 heteroatoms. The third-order valence-corrected chi connectivity index (χ3v) is 4.05. The van der Waals surface area contributed by atoms with Crippen molar-refractivity contribution in [1.82, 2.24) is 0 Å². The lowest BCUT2D eigenvalue weighted by Crippen LogP contribution is -2.26. The van der Waals surface area contributed by atoms with Crippen LogP contribution in [-0.2, 0) is 9.53 Å². The summed E-state index contributed by atoms with van der Waals surface area (Å²) in [6.07, 6.45) is 1.67. The first-order valence-corrected chi connectivity index (χ1v) is 8.18. The zero-order valence-corrected chi connectivity index (χ0v) is 14.1. The average Bonchev–Trinajstić information content (AvgIpc) is 2.23. The van der Waals surface area contributed by atoms with Crippen LogP contribution in [0, 0.1) is 5.92 Å². The Bertz CT molecular complexity index is 286. The maximum absolute atomic E-state index is 12.6. The molecule has 0 amide bonds. The van der Waals surface area contributed by atoms with Gasteiger partial charge in [0.2, 0.25) is 5.92 Å². The molecule has 2 nitrogen and oxygen atoms in total. The summed E-state index contributed by atoms with van der Waals surface area (Å²) in [5.41, 5.74) is 0. The predicted octanol–water partition coefficient (Wildman–Crippen LogP) is 4.91. The van der Waals surface area contributed by atoms with Gasteiger partial charge in [-0.15, -0.1) is 0 Å². The van der Waals surface area contributed by atoms with Gasteiger partial charge in [-0.25, -0.2) is 8.78 Å². The van der Waals surface area contributed by atoms with Crippen molar-refractivity contribution >= 4 is 17.7 Å². The number of unbranched alkanes of at least 4 members (excludes halogenated alkanes) is 1. The summed E-state index contributed by atoms with van der Waals surface area (Å²) >= 11 is 1.67. The monoisotopic (exact) mass is 310 g/mol. The fourth-order valence-electron chi connectivity index (χ4n) is 1.57. The lowest BCUT2D eigenvalue weighted by molar-refractivity contribution is -0.145. The van der Waals surface area contributed by atoms with Crippen molar-refractivity contribution in [3.8, 4) is 0 Å². The minimum Gasteiger partial charge on any atom is -0.464 e. The van der Waals surface area contributed by atoms with E-state index in [1.165, 1.54) is 0 Å². The van der Waals surface area contributed by atoms with Gasteiger partial charge in [-0.1, -0.05) is 13.8 Å². The molecule has 20 heavy (non-hydrogen) atoms. The van der Waals surface area contributed by atoms with Crippen LogP contribution in [0.1, 0.15) is 60.3 Å². The largest absolute Gasteiger partial charge is 0.464 e. The summed E-state index contributed by atoms with van der Waals surface area (Å²) < 4.78 is 30.3. The lowest BCUT2D eigenvalue weighted by atomic mass is 10.1. The van der Waals surface area contributed by atoms with Gasteiger partial charge < -0.3 is 4.74 Å². The van der Waals surface area contributed by atoms with E-state index >= 15 is 0 Å². The Hall–Kier alpha value is -0.320. The van der Waals surface area contributed by atoms with Gasteiger partial charge in [-0.3, -0.25) is 4.79 Å². The number of esters is 1. The second kappa shape index (κ2) is 8.85. The lowest BCUT2D eigenvalue weighted by Gasteiger charge is -2.24. The topological polar surface area (TPSA) is 26.3 Å². The molecule has 0 atom stereocenters. The van der Waals surface area contributed by atoms with Gasteiger partial charge in [0, 0.05) is 17.6 Å². The molecule has 0 aliphatic carbocycles. The van der Waals surface area contributed by atoms with Gasteiger partial charge in [0.1, 0.15) is 6.61 Å². The van der Waals surface area contributed by atoms with Crippen molar-refractivity contribution in [3.05, 3.63) is 0 Å². The van der Waals surface area contributed by atoms with Gasteiger partial charge in [-0.2, -0.15) is 11.8 Å². The summed E-state index contributed by atoms with van der Waals surface area (Å²) in [5.74, 6) is -1.62. The highest BCUT2D eigenvalue weighted by molar-refractivity contribution is 8.00. The summed E-state index contributed by atoms with van der Waals surface area (Å²) in [4.78, 5) is 11.5. The highest BCUT2D eigenvalue weighted by atomic mass is 32.2. The van der Waals surface area contributed by atoms with Crippen LogP contribution in [-0.4, -0.2) is 29.0 Å². The standard InChI is InChI=1S/C15H28F2O2S/c1-12(2)10-13(18)19-11-14(3,4)20-9-7-6-8-15(5,16)17/h12H,6-11H2,1-5H3. The minimum absolute atomic E-state index is 0.0582. The number of hydrogen-bond acceptors (Lipinski definition) is 3. The zero-order chi connectivity index (χ0) is 15.8. The number of alkyl halides is 2. The molecule has 0 aromatic carbocycles. The molecule has 0 aromatic heterocycles. The van der Waals surface area contributed by atoms with Gasteiger partial charge in [-0.05, 0) is 45.3 Å². The Morgan fingerprint density at radius 3 is 2.30 bits per heavy atom. The molecule has 0 rings (SSSR count). The summed E-state index contributed by atoms with van der Waals surface area (Å²) in [6, 6.07) is 0. The summed E-state index contributed by atoms with van der Waals surface area (Å²) in [6.45, 7) is 9.30. The molecule has 0 fully saturated rings. The molecular formula is C15H28F2O2S. The van der Waals surface area contributed by atoms with Crippen molar-refractivity contribution in [1.29, 1.82) is 0 Å². The Balaban J connectivity index is 3.76. The summed E-state index contributed by atoms with van der Waals surface area (Å²) in [5, 5.41) is 0. The number of rotatable bonds is 10. The highest BCUT2D eigenvalue weighted by Gasteiger charge is 2.22. The quantitative estimate of drug-likeness (QED) is 0.423. The first kappa shape index (κ1) is 19.7. The van der Waals surface area contributed by atoms with Crippen molar-refractivity contribution in [3.63, 3.8) is 0 Å². The molecule has 0 bridgehead atoms. The van der Waals surface area contributed by atoms with Crippen molar-refractivity contribution in [2.45, 2.75) is 71.0 Å². The maximum atomic E-state index is 12.6. The number of halogens is 2. The number of ether oxygens (including phenoxy) is 1. The number of hydrogen-bond donors (Lipinski definition) is 0. The third-order valence-electron chi connectivity index (χ3n) is 2.66. The van der Waals surface area contributed by atoms with Crippen LogP contribution in [0.5, 0.6) is 0 Å². The maximum Gasteiger partial charge on any atom is 0.306 e. The van der Waals surface area contributed by atoms with Crippen molar-refractivity contribution < 1.29 is 18.3 Å². The fourth-order valence-corrected chi connectivity index (χ4v) is 2.62. The van der Waals surface area contributed by atoms with Gasteiger partial charge in [0.15, 0.2) is 0 Å². The van der Waals surface area contributed by atoms with Crippen molar-refractivity contribution in [2.24, 2.45) is 5.92 Å². The number of carbonyl (C=O) groups excluding carboxylic acids is 1. The second-order valence-corrected chi connectivity index (χ2v) is 8.20. The van der Waals surface area contributed by atoms with E-state index in [9.17, 15) is 13.6 Å². The normalized spacial score (nSPS) is 12.8. The van der Waals surface area contributed by atoms with Crippen LogP contribution in [0.25, 0.3) is 0 Å². The molecule has 0 saturated carbocycles. The fraction of sp³-hybridized carbons (Fsp3) is 0.933. The molecular weight excluding hydrogens is 282 g/mol. The van der Waals surface area contributed by atoms with Gasteiger partial charge >= 0.3 is 5.97 Å². The molecule has 0 unspecified atom stereocenters. The molecule has 0 saturated heterocycles. The van der Waals surface area contributed by atoms with E-state index in [0.717, 1.165) is 19.1 Å². The van der Waals surface area contributed by atoms with E-state index in [4.69, 9.17) is 4.74 Å². The second-order valence-electron chi connectivity index (χ2n) is 6.39. The van der Waals surface area contributed by atoms with Crippen molar-refractivity contribution in [2.75, 3.05) is 12.4 Å². The van der Waals surface area contributed by atoms with E-state index in [1.807, 2.05) is 27.7 Å². The minimum atomic E-state index is -2.56.